The number of nitrogens with zero attached hydrogens (tertiary/aromatic N) is 3. The van der Waals surface area contributed by atoms with Crippen LogP contribution in [0.15, 0.2) is 83.4 Å². The highest BCUT2D eigenvalue weighted by Gasteiger charge is 2.30. The quantitative estimate of drug-likeness (QED) is 0.276. The van der Waals surface area contributed by atoms with Gasteiger partial charge in [0.25, 0.3) is 0 Å². The second-order valence-electron chi connectivity index (χ2n) is 6.33. The number of anilines is 1. The summed E-state index contributed by atoms with van der Waals surface area (Å²) in [5.41, 5.74) is 4.79. The van der Waals surface area contributed by atoms with Crippen molar-refractivity contribution in [2.45, 2.75) is 6.18 Å². The van der Waals surface area contributed by atoms with Crippen molar-refractivity contribution in [3.8, 4) is 22.9 Å². The Kier molecular flexibility index (Phi) is 5.94. The van der Waals surface area contributed by atoms with E-state index in [0.29, 0.717) is 10.9 Å². The minimum atomic E-state index is -4.43. The molecule has 4 aromatic rings. The van der Waals surface area contributed by atoms with Crippen LogP contribution >= 0.6 is 11.3 Å². The number of pyridine rings is 1. The fourth-order valence-corrected chi connectivity index (χ4v) is 3.25. The van der Waals surface area contributed by atoms with Gasteiger partial charge in [0.1, 0.15) is 5.75 Å². The molecule has 0 aliphatic heterocycles. The zero-order valence-electron chi connectivity index (χ0n) is 15.9. The zero-order chi connectivity index (χ0) is 21.7. The number of halogens is 3. The number of alkyl halides is 3. The number of hydrazone groups is 1. The molecule has 31 heavy (non-hydrogen) atoms. The Morgan fingerprint density at radius 1 is 0.968 bits per heavy atom. The van der Waals surface area contributed by atoms with E-state index < -0.39 is 11.7 Å². The summed E-state index contributed by atoms with van der Waals surface area (Å²) in [5, 5.41) is 6.80. The van der Waals surface area contributed by atoms with E-state index in [9.17, 15) is 13.2 Å². The van der Waals surface area contributed by atoms with E-state index in [-0.39, 0.29) is 5.88 Å². The summed E-state index contributed by atoms with van der Waals surface area (Å²) < 4.78 is 43.2. The van der Waals surface area contributed by atoms with Crippen LogP contribution in [0.2, 0.25) is 0 Å². The molecule has 5 nitrogen and oxygen atoms in total. The average Bonchev–Trinajstić information content (AvgIpc) is 3.24. The predicted molar refractivity (Wildman–Crippen MR) is 115 cm³/mol. The van der Waals surface area contributed by atoms with E-state index in [2.05, 4.69) is 20.5 Å². The number of rotatable bonds is 6. The van der Waals surface area contributed by atoms with Gasteiger partial charge in [-0.15, -0.1) is 11.3 Å². The molecule has 1 N–H and O–H groups in total. The van der Waals surface area contributed by atoms with Crippen LogP contribution in [-0.4, -0.2) is 16.2 Å². The molecule has 0 fully saturated rings. The third kappa shape index (κ3) is 5.46. The molecule has 0 spiro atoms. The summed E-state index contributed by atoms with van der Waals surface area (Å²) in [7, 11) is 0. The fraction of sp³-hybridized carbons (Fsp3) is 0.0455. The van der Waals surface area contributed by atoms with Crippen molar-refractivity contribution in [1.82, 2.24) is 9.97 Å². The third-order valence-electron chi connectivity index (χ3n) is 4.11. The molecular formula is C22H15F3N4OS. The lowest BCUT2D eigenvalue weighted by atomic mass is 10.2. The highest BCUT2D eigenvalue weighted by atomic mass is 32.1. The predicted octanol–water partition coefficient (Wildman–Crippen LogP) is 6.46. The number of hydrogen-bond donors (Lipinski definition) is 1. The minimum absolute atomic E-state index is 0.0778. The zero-order valence-corrected chi connectivity index (χ0v) is 16.7. The Labute approximate surface area is 179 Å². The summed E-state index contributed by atoms with van der Waals surface area (Å²) in [6.45, 7) is 0. The van der Waals surface area contributed by atoms with Crippen LogP contribution in [0.5, 0.6) is 11.6 Å². The molecule has 0 aliphatic rings. The number of hydrogen-bond acceptors (Lipinski definition) is 6. The van der Waals surface area contributed by atoms with Gasteiger partial charge in [-0.1, -0.05) is 30.3 Å². The Hall–Kier alpha value is -3.72. The maximum absolute atomic E-state index is 12.6. The van der Waals surface area contributed by atoms with Gasteiger partial charge in [0.2, 0.25) is 11.0 Å². The standard InChI is InChI=1S/C22H15F3N4OS/c23-22(24,25)17-8-11-20(26-13-17)30-18-9-6-15(7-10-18)12-27-29-21-28-19(14-31-21)16-4-2-1-3-5-16/h1-14H,(H,28,29). The number of aromatic nitrogens is 2. The van der Waals surface area contributed by atoms with Crippen molar-refractivity contribution in [2.75, 3.05) is 5.43 Å². The van der Waals surface area contributed by atoms with Crippen LogP contribution in [-0.2, 0) is 6.18 Å². The topological polar surface area (TPSA) is 59.4 Å². The number of benzene rings is 2. The van der Waals surface area contributed by atoms with E-state index in [1.54, 1.807) is 30.5 Å². The lowest BCUT2D eigenvalue weighted by Crippen LogP contribution is -2.05. The number of ether oxygens (including phenoxy) is 1. The van der Waals surface area contributed by atoms with Crippen LogP contribution in [0.25, 0.3) is 11.3 Å². The van der Waals surface area contributed by atoms with Gasteiger partial charge in [-0.3, -0.25) is 5.43 Å². The lowest BCUT2D eigenvalue weighted by Gasteiger charge is -2.08. The van der Waals surface area contributed by atoms with Gasteiger partial charge in [-0.05, 0) is 35.9 Å². The van der Waals surface area contributed by atoms with Crippen molar-refractivity contribution in [3.05, 3.63) is 89.4 Å². The summed E-state index contributed by atoms with van der Waals surface area (Å²) in [6, 6.07) is 18.9. The molecule has 156 valence electrons. The molecule has 0 saturated heterocycles. The minimum Gasteiger partial charge on any atom is -0.439 e. The van der Waals surface area contributed by atoms with Gasteiger partial charge in [0.05, 0.1) is 17.5 Å². The van der Waals surface area contributed by atoms with E-state index in [0.717, 1.165) is 29.1 Å². The molecule has 0 unspecified atom stereocenters. The fourth-order valence-electron chi connectivity index (χ4n) is 2.58. The largest absolute Gasteiger partial charge is 0.439 e. The molecule has 0 amide bonds. The second-order valence-corrected chi connectivity index (χ2v) is 7.19. The Morgan fingerprint density at radius 2 is 1.74 bits per heavy atom. The Morgan fingerprint density at radius 3 is 2.42 bits per heavy atom. The normalized spacial score (nSPS) is 11.6. The van der Waals surface area contributed by atoms with Crippen molar-refractivity contribution in [1.29, 1.82) is 0 Å². The first-order chi connectivity index (χ1) is 15.0. The first-order valence-electron chi connectivity index (χ1n) is 9.08. The SMILES string of the molecule is FC(F)(F)c1ccc(Oc2ccc(C=NNc3nc(-c4ccccc4)cs3)cc2)nc1. The van der Waals surface area contributed by atoms with Gasteiger partial charge in [0.15, 0.2) is 0 Å². The third-order valence-corrected chi connectivity index (χ3v) is 4.86. The lowest BCUT2D eigenvalue weighted by molar-refractivity contribution is -0.137. The molecule has 9 heteroatoms. The van der Waals surface area contributed by atoms with Crippen LogP contribution in [0.3, 0.4) is 0 Å². The van der Waals surface area contributed by atoms with Crippen molar-refractivity contribution in [2.24, 2.45) is 5.10 Å². The molecule has 4 rings (SSSR count). The van der Waals surface area contributed by atoms with Gasteiger partial charge >= 0.3 is 6.18 Å². The second kappa shape index (κ2) is 8.97. The van der Waals surface area contributed by atoms with E-state index in [4.69, 9.17) is 4.74 Å². The maximum Gasteiger partial charge on any atom is 0.417 e. The van der Waals surface area contributed by atoms with Gasteiger partial charge < -0.3 is 4.74 Å². The summed E-state index contributed by atoms with van der Waals surface area (Å²) in [5.74, 6) is 0.527. The first kappa shape index (κ1) is 20.5. The molecule has 0 radical (unpaired) electrons. The average molecular weight is 440 g/mol. The molecule has 2 heterocycles. The van der Waals surface area contributed by atoms with Gasteiger partial charge in [0, 0.05) is 23.2 Å². The van der Waals surface area contributed by atoms with Crippen LogP contribution in [0.4, 0.5) is 18.3 Å². The van der Waals surface area contributed by atoms with Gasteiger partial charge in [-0.25, -0.2) is 9.97 Å². The van der Waals surface area contributed by atoms with E-state index in [1.807, 2.05) is 35.7 Å². The monoisotopic (exact) mass is 440 g/mol. The number of nitrogens with one attached hydrogen (secondary N) is 1. The van der Waals surface area contributed by atoms with Crippen LogP contribution in [0, 0.1) is 0 Å². The molecule has 0 aliphatic carbocycles. The highest BCUT2D eigenvalue weighted by molar-refractivity contribution is 7.14. The Balaban J connectivity index is 1.33. The summed E-state index contributed by atoms with van der Waals surface area (Å²) in [4.78, 5) is 8.18. The first-order valence-corrected chi connectivity index (χ1v) is 9.96. The molecule has 2 aromatic heterocycles. The van der Waals surface area contributed by atoms with Crippen molar-refractivity contribution in [3.63, 3.8) is 0 Å². The summed E-state index contributed by atoms with van der Waals surface area (Å²) in [6.07, 6.45) is -2.06. The van der Waals surface area contributed by atoms with Crippen molar-refractivity contribution < 1.29 is 17.9 Å². The van der Waals surface area contributed by atoms with E-state index >= 15 is 0 Å². The maximum atomic E-state index is 12.6. The molecule has 0 bridgehead atoms. The smallest absolute Gasteiger partial charge is 0.417 e. The number of thiazole rings is 1. The van der Waals surface area contributed by atoms with Crippen LogP contribution < -0.4 is 10.2 Å². The van der Waals surface area contributed by atoms with Crippen molar-refractivity contribution >= 4 is 22.7 Å². The molecule has 0 saturated carbocycles. The Bertz CT molecular complexity index is 1160. The van der Waals surface area contributed by atoms with E-state index in [1.165, 1.54) is 17.4 Å². The van der Waals surface area contributed by atoms with Crippen LogP contribution in [0.1, 0.15) is 11.1 Å². The summed E-state index contributed by atoms with van der Waals surface area (Å²) >= 11 is 1.45. The van der Waals surface area contributed by atoms with Gasteiger partial charge in [-0.2, -0.15) is 18.3 Å². The highest BCUT2D eigenvalue weighted by Crippen LogP contribution is 2.30. The molecule has 0 atom stereocenters. The molecule has 2 aromatic carbocycles. The molecular weight excluding hydrogens is 425 g/mol.